The van der Waals surface area contributed by atoms with Crippen molar-refractivity contribution in [2.75, 3.05) is 13.2 Å². The first-order valence-corrected chi connectivity index (χ1v) is 16.9. The van der Waals surface area contributed by atoms with E-state index in [0.29, 0.717) is 12.8 Å². The highest BCUT2D eigenvalue weighted by Gasteiger charge is 2.29. The number of alkyl carbamates (subject to hydrolysis) is 1. The van der Waals surface area contributed by atoms with Crippen molar-refractivity contribution in [1.82, 2.24) is 10.6 Å². The Morgan fingerprint density at radius 2 is 1.26 bits per heavy atom. The van der Waals surface area contributed by atoms with Crippen LogP contribution >= 0.6 is 0 Å². The van der Waals surface area contributed by atoms with Crippen LogP contribution in [0.1, 0.15) is 121 Å². The van der Waals surface area contributed by atoms with E-state index in [-0.39, 0.29) is 43.8 Å². The number of hydrogen-bond acceptors (Lipinski definition) is 6. The van der Waals surface area contributed by atoms with Crippen LogP contribution in [0.3, 0.4) is 0 Å². The predicted molar refractivity (Wildman–Crippen MR) is 179 cm³/mol. The summed E-state index contributed by atoms with van der Waals surface area (Å²) in [6.45, 7) is 5.89. The van der Waals surface area contributed by atoms with Crippen molar-refractivity contribution in [3.05, 3.63) is 59.7 Å². The molecule has 0 radical (unpaired) electrons. The third kappa shape index (κ3) is 12.9. The first kappa shape index (κ1) is 36.6. The Kier molecular flexibility index (Phi) is 15.1. The van der Waals surface area contributed by atoms with Gasteiger partial charge in [-0.25, -0.2) is 9.59 Å². The van der Waals surface area contributed by atoms with Gasteiger partial charge in [-0.2, -0.15) is 0 Å². The lowest BCUT2D eigenvalue weighted by atomic mass is 9.98. The van der Waals surface area contributed by atoms with Gasteiger partial charge in [-0.1, -0.05) is 99.9 Å². The summed E-state index contributed by atoms with van der Waals surface area (Å²) in [5.41, 5.74) is 4.10. The summed E-state index contributed by atoms with van der Waals surface area (Å²) < 4.78 is 10.8. The Balaban J connectivity index is 1.20. The number of benzene rings is 2. The molecule has 0 saturated carbocycles. The maximum absolute atomic E-state index is 12.4. The molecule has 9 heteroatoms. The lowest BCUT2D eigenvalue weighted by molar-refractivity contribution is -0.155. The second-order valence-corrected chi connectivity index (χ2v) is 13.1. The van der Waals surface area contributed by atoms with Gasteiger partial charge in [-0.05, 0) is 62.3 Å². The Bertz CT molecular complexity index is 1240. The highest BCUT2D eigenvalue weighted by Crippen LogP contribution is 2.44. The van der Waals surface area contributed by atoms with Crippen LogP contribution in [0.25, 0.3) is 11.1 Å². The number of esters is 1. The van der Waals surface area contributed by atoms with E-state index < -0.39 is 23.7 Å². The van der Waals surface area contributed by atoms with Crippen molar-refractivity contribution < 1.29 is 33.8 Å². The lowest BCUT2D eigenvalue weighted by Gasteiger charge is -2.19. The van der Waals surface area contributed by atoms with Gasteiger partial charge in [0.2, 0.25) is 5.91 Å². The summed E-state index contributed by atoms with van der Waals surface area (Å²) in [4.78, 5) is 48.2. The number of carboxylic acid groups (broad SMARTS) is 1. The van der Waals surface area contributed by atoms with Crippen LogP contribution in [0.4, 0.5) is 4.79 Å². The largest absolute Gasteiger partial charge is 0.480 e. The standard InChI is InChI=1S/C37H52N2O7/c1-37(2,3)46-34(41)23-13-11-9-7-5-4-6-8-10-12-22-33(40)39-32(35(42)43)24-25-38-36(44)45-26-31-29-20-16-14-18-27(29)28-19-15-17-21-30(28)31/h14-21,31-32H,4-13,22-26H2,1-3H3,(H,38,44)(H,39,40)(H,42,43)/t32-/m0/s1. The summed E-state index contributed by atoms with van der Waals surface area (Å²) in [5.74, 6) is -1.60. The van der Waals surface area contributed by atoms with Crippen LogP contribution in [0.15, 0.2) is 48.5 Å². The van der Waals surface area contributed by atoms with E-state index in [0.717, 1.165) is 80.0 Å². The number of carbonyl (C=O) groups is 4. The fraction of sp³-hybridized carbons (Fsp3) is 0.568. The number of carbonyl (C=O) groups excluding carboxylic acids is 3. The molecular formula is C37H52N2O7. The highest BCUT2D eigenvalue weighted by atomic mass is 16.6. The van der Waals surface area contributed by atoms with Crippen molar-refractivity contribution in [1.29, 1.82) is 0 Å². The first-order valence-electron chi connectivity index (χ1n) is 16.9. The Morgan fingerprint density at radius 3 is 1.78 bits per heavy atom. The number of fused-ring (bicyclic) bond motifs is 3. The summed E-state index contributed by atoms with van der Waals surface area (Å²) in [6.07, 6.45) is 10.5. The number of hydrogen-bond donors (Lipinski definition) is 3. The predicted octanol–water partition coefficient (Wildman–Crippen LogP) is 7.51. The van der Waals surface area contributed by atoms with Crippen molar-refractivity contribution in [3.63, 3.8) is 0 Å². The monoisotopic (exact) mass is 636 g/mol. The normalized spacial score (nSPS) is 12.9. The summed E-state index contributed by atoms with van der Waals surface area (Å²) in [6, 6.07) is 15.1. The molecule has 0 spiro atoms. The van der Waals surface area contributed by atoms with Crippen LogP contribution in [-0.2, 0) is 23.9 Å². The number of ether oxygens (including phenoxy) is 2. The van der Waals surface area contributed by atoms with E-state index in [4.69, 9.17) is 9.47 Å². The number of unbranched alkanes of at least 4 members (excludes halogenated alkanes) is 9. The molecule has 2 amide bonds. The molecule has 0 bridgehead atoms. The molecule has 0 aliphatic heterocycles. The van der Waals surface area contributed by atoms with E-state index in [1.54, 1.807) is 0 Å². The molecule has 0 unspecified atom stereocenters. The number of nitrogens with one attached hydrogen (secondary N) is 2. The average molecular weight is 637 g/mol. The van der Waals surface area contributed by atoms with Crippen LogP contribution < -0.4 is 10.6 Å². The van der Waals surface area contributed by atoms with Gasteiger partial charge in [-0.3, -0.25) is 9.59 Å². The van der Waals surface area contributed by atoms with Crippen LogP contribution in [0.2, 0.25) is 0 Å². The van der Waals surface area contributed by atoms with Gasteiger partial charge in [0.15, 0.2) is 0 Å². The van der Waals surface area contributed by atoms with E-state index in [9.17, 15) is 24.3 Å². The third-order valence-corrected chi connectivity index (χ3v) is 8.13. The molecule has 0 heterocycles. The smallest absolute Gasteiger partial charge is 0.407 e. The van der Waals surface area contributed by atoms with Gasteiger partial charge in [0.25, 0.3) is 0 Å². The second-order valence-electron chi connectivity index (χ2n) is 13.1. The average Bonchev–Trinajstić information content (AvgIpc) is 3.32. The number of aliphatic carboxylic acids is 1. The van der Waals surface area contributed by atoms with Gasteiger partial charge in [-0.15, -0.1) is 0 Å². The van der Waals surface area contributed by atoms with Crippen molar-refractivity contribution in [2.45, 2.75) is 122 Å². The Morgan fingerprint density at radius 1 is 0.761 bits per heavy atom. The molecule has 1 atom stereocenters. The van der Waals surface area contributed by atoms with Crippen molar-refractivity contribution in [2.24, 2.45) is 0 Å². The molecule has 3 N–H and O–H groups in total. The molecule has 1 aliphatic rings. The number of amides is 2. The van der Waals surface area contributed by atoms with Gasteiger partial charge in [0.05, 0.1) is 0 Å². The summed E-state index contributed by atoms with van der Waals surface area (Å²) in [5, 5.41) is 14.8. The Hall–Kier alpha value is -3.88. The Labute approximate surface area is 273 Å². The van der Waals surface area contributed by atoms with Gasteiger partial charge >= 0.3 is 18.0 Å². The molecular weight excluding hydrogens is 584 g/mol. The number of carboxylic acids is 1. The zero-order chi connectivity index (χ0) is 33.4. The third-order valence-electron chi connectivity index (χ3n) is 8.13. The zero-order valence-corrected chi connectivity index (χ0v) is 27.8. The summed E-state index contributed by atoms with van der Waals surface area (Å²) >= 11 is 0. The topological polar surface area (TPSA) is 131 Å². The minimum absolute atomic E-state index is 0.0577. The minimum atomic E-state index is -1.13. The van der Waals surface area contributed by atoms with E-state index in [2.05, 4.69) is 22.8 Å². The maximum Gasteiger partial charge on any atom is 0.407 e. The van der Waals surface area contributed by atoms with E-state index in [1.165, 1.54) is 0 Å². The fourth-order valence-corrected chi connectivity index (χ4v) is 5.85. The molecule has 3 rings (SSSR count). The molecule has 2 aromatic carbocycles. The van der Waals surface area contributed by atoms with E-state index >= 15 is 0 Å². The SMILES string of the molecule is CC(C)(C)OC(=O)CCCCCCCCCCCCC(=O)N[C@@H](CCNC(=O)OCC1c2ccccc2-c2ccccc21)C(=O)O. The molecule has 0 saturated heterocycles. The van der Waals surface area contributed by atoms with Crippen molar-refractivity contribution >= 4 is 23.9 Å². The molecule has 9 nitrogen and oxygen atoms in total. The quantitative estimate of drug-likeness (QED) is 0.101. The highest BCUT2D eigenvalue weighted by molar-refractivity contribution is 5.83. The maximum atomic E-state index is 12.4. The van der Waals surface area contributed by atoms with Gasteiger partial charge in [0, 0.05) is 25.3 Å². The van der Waals surface area contributed by atoms with Crippen LogP contribution in [-0.4, -0.2) is 53.8 Å². The fourth-order valence-electron chi connectivity index (χ4n) is 5.85. The van der Waals surface area contributed by atoms with Crippen LogP contribution in [0.5, 0.6) is 0 Å². The molecule has 1 aliphatic carbocycles. The zero-order valence-electron chi connectivity index (χ0n) is 27.8. The molecule has 2 aromatic rings. The van der Waals surface area contributed by atoms with Crippen LogP contribution in [0, 0.1) is 0 Å². The molecule has 0 aromatic heterocycles. The first-order chi connectivity index (χ1) is 22.0. The van der Waals surface area contributed by atoms with Gasteiger partial charge in [0.1, 0.15) is 18.2 Å². The van der Waals surface area contributed by atoms with Crippen molar-refractivity contribution in [3.8, 4) is 11.1 Å². The minimum Gasteiger partial charge on any atom is -0.480 e. The van der Waals surface area contributed by atoms with Gasteiger partial charge < -0.3 is 25.2 Å². The lowest BCUT2D eigenvalue weighted by Crippen LogP contribution is -2.43. The van der Waals surface area contributed by atoms with E-state index in [1.807, 2.05) is 57.2 Å². The molecule has 46 heavy (non-hydrogen) atoms. The molecule has 252 valence electrons. The second kappa shape index (κ2) is 18.9. The summed E-state index contributed by atoms with van der Waals surface area (Å²) in [7, 11) is 0. The number of rotatable bonds is 20. The molecule has 0 fully saturated rings.